The summed E-state index contributed by atoms with van der Waals surface area (Å²) in [6.45, 7) is 7.97. The van der Waals surface area contributed by atoms with Crippen molar-refractivity contribution in [3.05, 3.63) is 34.9 Å². The molecule has 1 aromatic rings. The molecule has 0 radical (unpaired) electrons. The fourth-order valence-electron chi connectivity index (χ4n) is 2.19. The fourth-order valence-corrected chi connectivity index (χ4v) is 2.32. The fraction of sp³-hybridized carbons (Fsp3) is 0.533. The predicted octanol–water partition coefficient (Wildman–Crippen LogP) is 3.33. The van der Waals surface area contributed by atoms with Crippen molar-refractivity contribution in [2.24, 2.45) is 5.92 Å². The minimum atomic E-state index is -0.606. The van der Waals surface area contributed by atoms with Crippen molar-refractivity contribution in [2.45, 2.75) is 45.4 Å². The molecule has 0 amide bonds. The Bertz CT molecular complexity index is 472. The molecule has 0 aliphatic carbocycles. The SMILES string of the molecule is CC(c1ccc(Cl)cc1)C1NC(C)(C(C)C)C(=O)O1. The minimum absolute atomic E-state index is 0.0850. The molecule has 1 fully saturated rings. The Morgan fingerprint density at radius 2 is 1.84 bits per heavy atom. The van der Waals surface area contributed by atoms with Crippen molar-refractivity contribution >= 4 is 17.6 Å². The highest BCUT2D eigenvalue weighted by Crippen LogP contribution is 2.31. The number of hydrogen-bond donors (Lipinski definition) is 1. The molecule has 0 saturated carbocycles. The van der Waals surface area contributed by atoms with Gasteiger partial charge in [0.05, 0.1) is 0 Å². The molecule has 1 aliphatic rings. The molecule has 1 N–H and O–H groups in total. The number of benzene rings is 1. The third-order valence-electron chi connectivity index (χ3n) is 4.10. The lowest BCUT2D eigenvalue weighted by molar-refractivity contribution is -0.146. The molecule has 3 atom stereocenters. The van der Waals surface area contributed by atoms with Crippen LogP contribution in [0, 0.1) is 5.92 Å². The van der Waals surface area contributed by atoms with Crippen LogP contribution in [0.25, 0.3) is 0 Å². The molecular weight excluding hydrogens is 262 g/mol. The van der Waals surface area contributed by atoms with Crippen molar-refractivity contribution in [3.63, 3.8) is 0 Å². The summed E-state index contributed by atoms with van der Waals surface area (Å²) in [5, 5.41) is 4.03. The number of rotatable bonds is 3. The summed E-state index contributed by atoms with van der Waals surface area (Å²) >= 11 is 5.89. The van der Waals surface area contributed by atoms with Crippen molar-refractivity contribution in [1.82, 2.24) is 5.32 Å². The third-order valence-corrected chi connectivity index (χ3v) is 4.36. The van der Waals surface area contributed by atoms with E-state index >= 15 is 0 Å². The number of ether oxygens (including phenoxy) is 1. The molecule has 3 unspecified atom stereocenters. The number of hydrogen-bond acceptors (Lipinski definition) is 3. The van der Waals surface area contributed by atoms with Crippen LogP contribution in [-0.2, 0) is 9.53 Å². The molecular formula is C15H20ClNO2. The summed E-state index contributed by atoms with van der Waals surface area (Å²) in [4.78, 5) is 12.0. The number of esters is 1. The maximum atomic E-state index is 12.0. The van der Waals surface area contributed by atoms with E-state index in [0.717, 1.165) is 5.56 Å². The van der Waals surface area contributed by atoms with Gasteiger partial charge in [-0.05, 0) is 30.5 Å². The quantitative estimate of drug-likeness (QED) is 0.864. The highest BCUT2D eigenvalue weighted by atomic mass is 35.5. The van der Waals surface area contributed by atoms with Crippen molar-refractivity contribution < 1.29 is 9.53 Å². The van der Waals surface area contributed by atoms with Crippen LogP contribution in [0.15, 0.2) is 24.3 Å². The normalized spacial score (nSPS) is 28.5. The van der Waals surface area contributed by atoms with E-state index in [1.54, 1.807) is 0 Å². The summed E-state index contributed by atoms with van der Waals surface area (Å²) in [6, 6.07) is 7.64. The monoisotopic (exact) mass is 281 g/mol. The van der Waals surface area contributed by atoms with Gasteiger partial charge in [-0.25, -0.2) is 4.79 Å². The second kappa shape index (κ2) is 5.14. The zero-order valence-corrected chi connectivity index (χ0v) is 12.5. The lowest BCUT2D eigenvalue weighted by atomic mass is 9.89. The number of halogens is 1. The van der Waals surface area contributed by atoms with Crippen LogP contribution in [-0.4, -0.2) is 17.7 Å². The molecule has 19 heavy (non-hydrogen) atoms. The zero-order valence-electron chi connectivity index (χ0n) is 11.7. The highest BCUT2D eigenvalue weighted by Gasteiger charge is 2.48. The first kappa shape index (κ1) is 14.4. The van der Waals surface area contributed by atoms with E-state index in [2.05, 4.69) is 5.32 Å². The number of carbonyl (C=O) groups excluding carboxylic acids is 1. The maximum absolute atomic E-state index is 12.0. The summed E-state index contributed by atoms with van der Waals surface area (Å²) in [6.07, 6.45) is -0.291. The van der Waals surface area contributed by atoms with Crippen LogP contribution in [0.5, 0.6) is 0 Å². The van der Waals surface area contributed by atoms with Gasteiger partial charge in [0.1, 0.15) is 5.54 Å². The Labute approximate surface area is 119 Å². The average Bonchev–Trinajstić information content (AvgIpc) is 2.67. The number of nitrogens with one attached hydrogen (secondary N) is 1. The lowest BCUT2D eigenvalue weighted by Crippen LogP contribution is -2.49. The van der Waals surface area contributed by atoms with Crippen LogP contribution < -0.4 is 5.32 Å². The van der Waals surface area contributed by atoms with Gasteiger partial charge in [-0.15, -0.1) is 0 Å². The molecule has 1 saturated heterocycles. The summed E-state index contributed by atoms with van der Waals surface area (Å²) in [5.74, 6) is 0.0949. The second-order valence-corrected chi connectivity index (χ2v) is 6.10. The topological polar surface area (TPSA) is 38.3 Å². The molecule has 3 nitrogen and oxygen atoms in total. The Morgan fingerprint density at radius 3 is 2.32 bits per heavy atom. The molecule has 0 spiro atoms. The van der Waals surface area contributed by atoms with Gasteiger partial charge in [0.15, 0.2) is 6.23 Å². The van der Waals surface area contributed by atoms with Crippen LogP contribution in [0.2, 0.25) is 5.02 Å². The van der Waals surface area contributed by atoms with Crippen LogP contribution in [0.3, 0.4) is 0 Å². The van der Waals surface area contributed by atoms with Gasteiger partial charge in [0, 0.05) is 10.9 Å². The van der Waals surface area contributed by atoms with Gasteiger partial charge in [-0.1, -0.05) is 44.5 Å². The van der Waals surface area contributed by atoms with E-state index in [0.29, 0.717) is 5.02 Å². The van der Waals surface area contributed by atoms with Crippen LogP contribution in [0.1, 0.15) is 39.2 Å². The molecule has 0 bridgehead atoms. The van der Waals surface area contributed by atoms with Gasteiger partial charge in [-0.2, -0.15) is 0 Å². The van der Waals surface area contributed by atoms with E-state index in [1.165, 1.54) is 0 Å². The van der Waals surface area contributed by atoms with Crippen molar-refractivity contribution in [1.29, 1.82) is 0 Å². The van der Waals surface area contributed by atoms with Crippen molar-refractivity contribution in [2.75, 3.05) is 0 Å². The van der Waals surface area contributed by atoms with E-state index in [4.69, 9.17) is 16.3 Å². The third kappa shape index (κ3) is 2.63. The number of cyclic esters (lactones) is 1. The number of carbonyl (C=O) groups is 1. The molecule has 1 aromatic carbocycles. The zero-order chi connectivity index (χ0) is 14.2. The summed E-state index contributed by atoms with van der Waals surface area (Å²) in [5.41, 5.74) is 0.494. The lowest BCUT2D eigenvalue weighted by Gasteiger charge is -2.26. The molecule has 4 heteroatoms. The Balaban J connectivity index is 2.16. The van der Waals surface area contributed by atoms with Gasteiger partial charge < -0.3 is 4.74 Å². The van der Waals surface area contributed by atoms with Gasteiger partial charge in [0.25, 0.3) is 0 Å². The molecule has 1 heterocycles. The highest BCUT2D eigenvalue weighted by molar-refractivity contribution is 6.30. The van der Waals surface area contributed by atoms with E-state index in [9.17, 15) is 4.79 Å². The Hall–Kier alpha value is -1.06. The van der Waals surface area contributed by atoms with Gasteiger partial charge in [0.2, 0.25) is 0 Å². The average molecular weight is 282 g/mol. The maximum Gasteiger partial charge on any atom is 0.328 e. The summed E-state index contributed by atoms with van der Waals surface area (Å²) in [7, 11) is 0. The molecule has 104 valence electrons. The summed E-state index contributed by atoms with van der Waals surface area (Å²) < 4.78 is 5.50. The smallest absolute Gasteiger partial charge is 0.328 e. The van der Waals surface area contributed by atoms with Crippen molar-refractivity contribution in [3.8, 4) is 0 Å². The minimum Gasteiger partial charge on any atom is -0.445 e. The van der Waals surface area contributed by atoms with Crippen LogP contribution >= 0.6 is 11.6 Å². The second-order valence-electron chi connectivity index (χ2n) is 5.67. The largest absolute Gasteiger partial charge is 0.445 e. The molecule has 1 aliphatic heterocycles. The van der Waals surface area contributed by atoms with Crippen LogP contribution in [0.4, 0.5) is 0 Å². The first-order valence-corrected chi connectivity index (χ1v) is 6.96. The first-order chi connectivity index (χ1) is 8.84. The predicted molar refractivity (Wildman–Crippen MR) is 76.1 cm³/mol. The Kier molecular flexibility index (Phi) is 3.88. The first-order valence-electron chi connectivity index (χ1n) is 6.59. The molecule has 2 rings (SSSR count). The van der Waals surface area contributed by atoms with E-state index < -0.39 is 5.54 Å². The standard InChI is InChI=1S/C15H20ClNO2/c1-9(2)15(4)14(18)19-13(17-15)10(3)11-5-7-12(16)8-6-11/h5-10,13,17H,1-4H3. The van der Waals surface area contributed by atoms with E-state index in [1.807, 2.05) is 52.0 Å². The molecule has 0 aromatic heterocycles. The van der Waals surface area contributed by atoms with Gasteiger partial charge in [-0.3, -0.25) is 5.32 Å². The Morgan fingerprint density at radius 1 is 1.26 bits per heavy atom. The van der Waals surface area contributed by atoms with Gasteiger partial charge >= 0.3 is 5.97 Å². The van der Waals surface area contributed by atoms with E-state index in [-0.39, 0.29) is 24.0 Å².